The van der Waals surface area contributed by atoms with Crippen molar-refractivity contribution in [2.75, 3.05) is 12.4 Å². The van der Waals surface area contributed by atoms with Gasteiger partial charge in [-0.15, -0.1) is 0 Å². The van der Waals surface area contributed by atoms with E-state index in [2.05, 4.69) is 13.8 Å². The first kappa shape index (κ1) is 18.3. The lowest BCUT2D eigenvalue weighted by Gasteiger charge is -2.30. The van der Waals surface area contributed by atoms with Crippen LogP contribution in [0.3, 0.4) is 0 Å². The van der Waals surface area contributed by atoms with Crippen LogP contribution in [0.15, 0.2) is 24.3 Å². The van der Waals surface area contributed by atoms with Crippen molar-refractivity contribution in [1.82, 2.24) is 0 Å². The Balaban J connectivity index is 2.77. The molecule has 3 nitrogen and oxygen atoms in total. The minimum absolute atomic E-state index is 0.0569. The molecule has 0 spiro atoms. The summed E-state index contributed by atoms with van der Waals surface area (Å²) < 4.78 is 28.6. The largest absolute Gasteiger partial charge is 0.493 e. The fourth-order valence-electron chi connectivity index (χ4n) is 2.25. The van der Waals surface area contributed by atoms with E-state index in [1.807, 2.05) is 38.1 Å². The molecule has 0 heterocycles. The molecule has 0 aliphatic rings. The van der Waals surface area contributed by atoms with Crippen LogP contribution in [0.2, 0.25) is 0 Å². The van der Waals surface area contributed by atoms with Gasteiger partial charge in [-0.1, -0.05) is 39.8 Å². The summed E-state index contributed by atoms with van der Waals surface area (Å²) in [5.74, 6) is 1.18. The molecule has 0 aromatic heterocycles. The summed E-state index contributed by atoms with van der Waals surface area (Å²) in [5, 5.41) is 0. The molecule has 0 fully saturated rings. The standard InChI is InChI=1S/C16H25ClO3S/c1-5-16(6-2,12-21(17,18)19)11-20-15-9-7-14(8-10-15)13(3)4/h7-10,13H,5-6,11-12H2,1-4H3. The van der Waals surface area contributed by atoms with Crippen LogP contribution < -0.4 is 4.74 Å². The third-order valence-corrected chi connectivity index (χ3v) is 5.35. The summed E-state index contributed by atoms with van der Waals surface area (Å²) >= 11 is 0. The molecule has 1 rings (SSSR count). The number of halogens is 1. The minimum atomic E-state index is -3.54. The number of rotatable bonds is 8. The van der Waals surface area contributed by atoms with Gasteiger partial charge in [0.15, 0.2) is 0 Å². The maximum atomic E-state index is 11.4. The van der Waals surface area contributed by atoms with E-state index in [0.717, 1.165) is 5.75 Å². The highest BCUT2D eigenvalue weighted by Crippen LogP contribution is 2.31. The average molecular weight is 333 g/mol. The summed E-state index contributed by atoms with van der Waals surface area (Å²) in [6, 6.07) is 7.94. The first-order chi connectivity index (χ1) is 9.71. The SMILES string of the molecule is CCC(CC)(COc1ccc(C(C)C)cc1)CS(=O)(=O)Cl. The van der Waals surface area contributed by atoms with Crippen molar-refractivity contribution in [2.24, 2.45) is 5.41 Å². The van der Waals surface area contributed by atoms with E-state index in [4.69, 9.17) is 15.4 Å². The van der Waals surface area contributed by atoms with Crippen molar-refractivity contribution in [3.05, 3.63) is 29.8 Å². The molecule has 0 amide bonds. The van der Waals surface area contributed by atoms with E-state index in [0.29, 0.717) is 25.4 Å². The Hall–Kier alpha value is -0.740. The average Bonchev–Trinajstić information content (AvgIpc) is 2.42. The Labute approximate surface area is 133 Å². The molecule has 5 heteroatoms. The fraction of sp³-hybridized carbons (Fsp3) is 0.625. The summed E-state index contributed by atoms with van der Waals surface area (Å²) in [4.78, 5) is 0. The van der Waals surface area contributed by atoms with Gasteiger partial charge in [-0.3, -0.25) is 0 Å². The summed E-state index contributed by atoms with van der Waals surface area (Å²) in [6.07, 6.45) is 1.42. The molecule has 0 radical (unpaired) electrons. The molecule has 0 N–H and O–H groups in total. The van der Waals surface area contributed by atoms with E-state index in [-0.39, 0.29) is 5.75 Å². The van der Waals surface area contributed by atoms with Crippen molar-refractivity contribution in [1.29, 1.82) is 0 Å². The van der Waals surface area contributed by atoms with Gasteiger partial charge in [-0.05, 0) is 36.5 Å². The van der Waals surface area contributed by atoms with Crippen LogP contribution >= 0.6 is 10.7 Å². The maximum absolute atomic E-state index is 11.4. The van der Waals surface area contributed by atoms with E-state index < -0.39 is 14.5 Å². The van der Waals surface area contributed by atoms with E-state index in [1.165, 1.54) is 5.56 Å². The number of ether oxygens (including phenoxy) is 1. The molecule has 21 heavy (non-hydrogen) atoms. The molecule has 1 aromatic carbocycles. The van der Waals surface area contributed by atoms with Crippen LogP contribution in [0.4, 0.5) is 0 Å². The Morgan fingerprint density at radius 2 is 1.67 bits per heavy atom. The predicted octanol–water partition coefficient (Wildman–Crippen LogP) is 4.56. The smallest absolute Gasteiger partial charge is 0.233 e. The van der Waals surface area contributed by atoms with Crippen LogP contribution in [-0.2, 0) is 9.05 Å². The third-order valence-electron chi connectivity index (χ3n) is 4.07. The van der Waals surface area contributed by atoms with Gasteiger partial charge in [-0.25, -0.2) is 8.42 Å². The van der Waals surface area contributed by atoms with E-state index in [9.17, 15) is 8.42 Å². The molecular formula is C16H25ClO3S. The first-order valence-corrected chi connectivity index (χ1v) is 9.84. The van der Waals surface area contributed by atoms with Crippen LogP contribution in [0.25, 0.3) is 0 Å². The van der Waals surface area contributed by atoms with Gasteiger partial charge < -0.3 is 4.74 Å². The van der Waals surface area contributed by atoms with Crippen molar-refractivity contribution in [3.63, 3.8) is 0 Å². The van der Waals surface area contributed by atoms with Crippen molar-refractivity contribution in [2.45, 2.75) is 46.5 Å². The Kier molecular flexibility index (Phi) is 6.54. The molecule has 0 unspecified atom stereocenters. The van der Waals surface area contributed by atoms with Crippen molar-refractivity contribution in [3.8, 4) is 5.75 Å². The molecule has 0 bridgehead atoms. The molecule has 1 aromatic rings. The van der Waals surface area contributed by atoms with Gasteiger partial charge in [0.2, 0.25) is 9.05 Å². The van der Waals surface area contributed by atoms with Gasteiger partial charge >= 0.3 is 0 Å². The van der Waals surface area contributed by atoms with Crippen molar-refractivity contribution < 1.29 is 13.2 Å². The van der Waals surface area contributed by atoms with E-state index >= 15 is 0 Å². The van der Waals surface area contributed by atoms with Crippen LogP contribution in [0.5, 0.6) is 5.75 Å². The van der Waals surface area contributed by atoms with Gasteiger partial charge in [0.05, 0.1) is 12.4 Å². The zero-order valence-electron chi connectivity index (χ0n) is 13.2. The Bertz CT molecular complexity index is 531. The molecule has 120 valence electrons. The van der Waals surface area contributed by atoms with E-state index in [1.54, 1.807) is 0 Å². The summed E-state index contributed by atoms with van der Waals surface area (Å²) in [6.45, 7) is 8.57. The lowest BCUT2D eigenvalue weighted by atomic mass is 9.85. The zero-order chi connectivity index (χ0) is 16.1. The van der Waals surface area contributed by atoms with Crippen LogP contribution in [0.1, 0.15) is 52.0 Å². The normalized spacial score (nSPS) is 12.7. The molecule has 0 atom stereocenters. The van der Waals surface area contributed by atoms with Crippen LogP contribution in [-0.4, -0.2) is 20.8 Å². The number of hydrogen-bond acceptors (Lipinski definition) is 3. The zero-order valence-corrected chi connectivity index (χ0v) is 14.8. The van der Waals surface area contributed by atoms with Gasteiger partial charge in [-0.2, -0.15) is 0 Å². The molecule has 0 aliphatic carbocycles. The molecule has 0 saturated heterocycles. The first-order valence-electron chi connectivity index (χ1n) is 7.36. The topological polar surface area (TPSA) is 43.4 Å². The van der Waals surface area contributed by atoms with Gasteiger partial charge in [0.1, 0.15) is 5.75 Å². The summed E-state index contributed by atoms with van der Waals surface area (Å²) in [7, 11) is 1.89. The minimum Gasteiger partial charge on any atom is -0.493 e. The van der Waals surface area contributed by atoms with Gasteiger partial charge in [0.25, 0.3) is 0 Å². The van der Waals surface area contributed by atoms with Gasteiger partial charge in [0, 0.05) is 16.1 Å². The third kappa shape index (κ3) is 5.87. The number of benzene rings is 1. The Morgan fingerprint density at radius 1 is 1.14 bits per heavy atom. The molecule has 0 aliphatic heterocycles. The summed E-state index contributed by atoms with van der Waals surface area (Å²) in [5.41, 5.74) is 0.819. The predicted molar refractivity (Wildman–Crippen MR) is 88.7 cm³/mol. The van der Waals surface area contributed by atoms with Crippen molar-refractivity contribution >= 4 is 19.7 Å². The fourth-order valence-corrected chi connectivity index (χ4v) is 4.17. The van der Waals surface area contributed by atoms with Crippen LogP contribution in [0, 0.1) is 5.41 Å². The highest BCUT2D eigenvalue weighted by molar-refractivity contribution is 8.13. The highest BCUT2D eigenvalue weighted by Gasteiger charge is 2.32. The molecule has 0 saturated carbocycles. The number of hydrogen-bond donors (Lipinski definition) is 0. The second-order valence-corrected chi connectivity index (χ2v) is 8.68. The second-order valence-electron chi connectivity index (χ2n) is 5.90. The lowest BCUT2D eigenvalue weighted by molar-refractivity contribution is 0.155. The molecular weight excluding hydrogens is 308 g/mol. The lowest BCUT2D eigenvalue weighted by Crippen LogP contribution is -2.33. The highest BCUT2D eigenvalue weighted by atomic mass is 35.7. The quantitative estimate of drug-likeness (QED) is 0.655. The monoisotopic (exact) mass is 332 g/mol. The Morgan fingerprint density at radius 3 is 2.05 bits per heavy atom. The maximum Gasteiger partial charge on any atom is 0.233 e. The second kappa shape index (κ2) is 7.50.